The Morgan fingerprint density at radius 1 is 1.27 bits per heavy atom. The Hall–Kier alpha value is -0.0800. The number of hydrogen-bond donors (Lipinski definition) is 1. The van der Waals surface area contributed by atoms with Crippen molar-refractivity contribution in [2.45, 2.75) is 65.0 Å². The predicted octanol–water partition coefficient (Wildman–Crippen LogP) is 2.66. The first-order chi connectivity index (χ1) is 7.13. The zero-order valence-electron chi connectivity index (χ0n) is 10.6. The molecule has 90 valence electrons. The first-order valence-electron chi connectivity index (χ1n) is 6.55. The van der Waals surface area contributed by atoms with Gasteiger partial charge in [-0.15, -0.1) is 0 Å². The first kappa shape index (κ1) is 13.0. The van der Waals surface area contributed by atoms with E-state index in [1.165, 1.54) is 25.7 Å². The molecule has 0 bridgehead atoms. The van der Waals surface area contributed by atoms with Gasteiger partial charge in [-0.05, 0) is 32.7 Å². The van der Waals surface area contributed by atoms with E-state index in [1.807, 2.05) is 0 Å². The number of nitrogens with zero attached hydrogens (tertiary/aromatic N) is 1. The van der Waals surface area contributed by atoms with Crippen molar-refractivity contribution in [1.82, 2.24) is 4.90 Å². The van der Waals surface area contributed by atoms with E-state index in [9.17, 15) is 5.11 Å². The standard InChI is InChI=1S/C13H27NO/c1-4-14(11(2)3)10-13(15)9-12-7-5-6-8-12/h11-13,15H,4-10H2,1-3H3. The van der Waals surface area contributed by atoms with E-state index < -0.39 is 0 Å². The van der Waals surface area contributed by atoms with E-state index in [1.54, 1.807) is 0 Å². The van der Waals surface area contributed by atoms with Crippen LogP contribution in [-0.4, -0.2) is 35.2 Å². The average molecular weight is 213 g/mol. The monoisotopic (exact) mass is 213 g/mol. The van der Waals surface area contributed by atoms with E-state index >= 15 is 0 Å². The van der Waals surface area contributed by atoms with Crippen LogP contribution in [0.2, 0.25) is 0 Å². The smallest absolute Gasteiger partial charge is 0.0669 e. The van der Waals surface area contributed by atoms with Crippen LogP contribution in [0.25, 0.3) is 0 Å². The molecule has 0 aromatic carbocycles. The van der Waals surface area contributed by atoms with Crippen LogP contribution in [0.5, 0.6) is 0 Å². The molecule has 0 saturated heterocycles. The van der Waals surface area contributed by atoms with Gasteiger partial charge in [0.15, 0.2) is 0 Å². The minimum absolute atomic E-state index is 0.115. The highest BCUT2D eigenvalue weighted by atomic mass is 16.3. The van der Waals surface area contributed by atoms with E-state index in [-0.39, 0.29) is 6.10 Å². The van der Waals surface area contributed by atoms with Gasteiger partial charge in [0.25, 0.3) is 0 Å². The molecule has 0 heterocycles. The molecule has 2 heteroatoms. The van der Waals surface area contributed by atoms with Gasteiger partial charge in [0.05, 0.1) is 6.10 Å². The SMILES string of the molecule is CCN(CC(O)CC1CCCC1)C(C)C. The maximum atomic E-state index is 10.0. The highest BCUT2D eigenvalue weighted by molar-refractivity contribution is 4.74. The average Bonchev–Trinajstić information content (AvgIpc) is 2.66. The summed E-state index contributed by atoms with van der Waals surface area (Å²) in [6.07, 6.45) is 6.33. The van der Waals surface area contributed by atoms with Gasteiger partial charge in [0.1, 0.15) is 0 Å². The zero-order chi connectivity index (χ0) is 11.3. The zero-order valence-corrected chi connectivity index (χ0v) is 10.6. The lowest BCUT2D eigenvalue weighted by molar-refractivity contribution is 0.0801. The normalized spacial score (nSPS) is 20.4. The second kappa shape index (κ2) is 6.49. The lowest BCUT2D eigenvalue weighted by Crippen LogP contribution is -2.37. The lowest BCUT2D eigenvalue weighted by atomic mass is 9.99. The maximum absolute atomic E-state index is 10.0. The van der Waals surface area contributed by atoms with Crippen molar-refractivity contribution < 1.29 is 5.11 Å². The molecule has 15 heavy (non-hydrogen) atoms. The minimum atomic E-state index is -0.115. The van der Waals surface area contributed by atoms with E-state index in [4.69, 9.17) is 0 Å². The number of likely N-dealkylation sites (N-methyl/N-ethyl adjacent to an activating group) is 1. The summed E-state index contributed by atoms with van der Waals surface area (Å²) in [6, 6.07) is 0.549. The predicted molar refractivity (Wildman–Crippen MR) is 65.0 cm³/mol. The van der Waals surface area contributed by atoms with E-state index in [0.717, 1.165) is 25.4 Å². The highest BCUT2D eigenvalue weighted by Crippen LogP contribution is 2.28. The van der Waals surface area contributed by atoms with Crippen molar-refractivity contribution in [3.63, 3.8) is 0 Å². The summed E-state index contributed by atoms with van der Waals surface area (Å²) in [5, 5.41) is 10.0. The molecule has 1 aliphatic rings. The van der Waals surface area contributed by atoms with Crippen molar-refractivity contribution in [3.05, 3.63) is 0 Å². The van der Waals surface area contributed by atoms with Crippen molar-refractivity contribution in [3.8, 4) is 0 Å². The summed E-state index contributed by atoms with van der Waals surface area (Å²) in [7, 11) is 0. The molecule has 0 amide bonds. The third-order valence-corrected chi connectivity index (χ3v) is 3.66. The van der Waals surface area contributed by atoms with Gasteiger partial charge in [-0.25, -0.2) is 0 Å². The summed E-state index contributed by atoms with van der Waals surface area (Å²) in [4.78, 5) is 2.35. The number of aliphatic hydroxyl groups excluding tert-OH is 1. The van der Waals surface area contributed by atoms with Gasteiger partial charge in [-0.2, -0.15) is 0 Å². The maximum Gasteiger partial charge on any atom is 0.0669 e. The van der Waals surface area contributed by atoms with Crippen LogP contribution in [0.15, 0.2) is 0 Å². The number of rotatable bonds is 6. The second-order valence-electron chi connectivity index (χ2n) is 5.22. The third-order valence-electron chi connectivity index (χ3n) is 3.66. The molecular weight excluding hydrogens is 186 g/mol. The van der Waals surface area contributed by atoms with Gasteiger partial charge in [0, 0.05) is 12.6 Å². The van der Waals surface area contributed by atoms with Crippen molar-refractivity contribution in [2.75, 3.05) is 13.1 Å². The van der Waals surface area contributed by atoms with Crippen LogP contribution >= 0.6 is 0 Å². The van der Waals surface area contributed by atoms with Crippen molar-refractivity contribution in [2.24, 2.45) is 5.92 Å². The van der Waals surface area contributed by atoms with E-state index in [0.29, 0.717) is 6.04 Å². The van der Waals surface area contributed by atoms with Gasteiger partial charge in [-0.3, -0.25) is 4.90 Å². The van der Waals surface area contributed by atoms with Crippen LogP contribution in [0.3, 0.4) is 0 Å². The third kappa shape index (κ3) is 4.52. The van der Waals surface area contributed by atoms with Crippen LogP contribution < -0.4 is 0 Å². The Kier molecular flexibility index (Phi) is 5.62. The molecule has 0 spiro atoms. The Balaban J connectivity index is 2.23. The van der Waals surface area contributed by atoms with Gasteiger partial charge < -0.3 is 5.11 Å². The molecule has 0 radical (unpaired) electrons. The Morgan fingerprint density at radius 2 is 1.87 bits per heavy atom. The quantitative estimate of drug-likeness (QED) is 0.733. The molecule has 1 fully saturated rings. The summed E-state index contributed by atoms with van der Waals surface area (Å²) in [5.74, 6) is 0.797. The molecule has 1 N–H and O–H groups in total. The molecule has 0 aliphatic heterocycles. The van der Waals surface area contributed by atoms with Crippen molar-refractivity contribution in [1.29, 1.82) is 0 Å². The molecule has 1 atom stereocenters. The van der Waals surface area contributed by atoms with Crippen molar-refractivity contribution >= 4 is 0 Å². The molecule has 2 nitrogen and oxygen atoms in total. The molecule has 0 aromatic heterocycles. The van der Waals surface area contributed by atoms with Crippen LogP contribution in [0.4, 0.5) is 0 Å². The summed E-state index contributed by atoms with van der Waals surface area (Å²) >= 11 is 0. The fraction of sp³-hybridized carbons (Fsp3) is 1.00. The van der Waals surface area contributed by atoms with Gasteiger partial charge >= 0.3 is 0 Å². The first-order valence-corrected chi connectivity index (χ1v) is 6.55. The minimum Gasteiger partial charge on any atom is -0.392 e. The van der Waals surface area contributed by atoms with Crippen LogP contribution in [0.1, 0.15) is 52.9 Å². The largest absolute Gasteiger partial charge is 0.392 e. The van der Waals surface area contributed by atoms with Gasteiger partial charge in [0.2, 0.25) is 0 Å². The Bertz CT molecular complexity index is 164. The van der Waals surface area contributed by atoms with Gasteiger partial charge in [-0.1, -0.05) is 32.6 Å². The molecule has 0 aromatic rings. The highest BCUT2D eigenvalue weighted by Gasteiger charge is 2.20. The number of aliphatic hydroxyl groups is 1. The van der Waals surface area contributed by atoms with Crippen LogP contribution in [-0.2, 0) is 0 Å². The second-order valence-corrected chi connectivity index (χ2v) is 5.22. The Morgan fingerprint density at radius 3 is 2.33 bits per heavy atom. The molecule has 1 unspecified atom stereocenters. The molecule has 1 rings (SSSR count). The number of hydrogen-bond acceptors (Lipinski definition) is 2. The molecular formula is C13H27NO. The topological polar surface area (TPSA) is 23.5 Å². The lowest BCUT2D eigenvalue weighted by Gasteiger charge is -2.28. The summed E-state index contributed by atoms with van der Waals surface area (Å²) < 4.78 is 0. The molecule has 1 saturated carbocycles. The Labute approximate surface area is 94.7 Å². The fourth-order valence-electron chi connectivity index (χ4n) is 2.68. The molecule has 1 aliphatic carbocycles. The summed E-state index contributed by atoms with van der Waals surface area (Å²) in [5.41, 5.74) is 0. The summed E-state index contributed by atoms with van der Waals surface area (Å²) in [6.45, 7) is 8.46. The fourth-order valence-corrected chi connectivity index (χ4v) is 2.68. The van der Waals surface area contributed by atoms with E-state index in [2.05, 4.69) is 25.7 Å². The van der Waals surface area contributed by atoms with Crippen LogP contribution in [0, 0.1) is 5.92 Å².